The smallest absolute Gasteiger partial charge is 0.301 e. The van der Waals surface area contributed by atoms with E-state index >= 15 is 0 Å². The van der Waals surface area contributed by atoms with Crippen molar-refractivity contribution in [3.8, 4) is 11.5 Å². The number of anilines is 1. The Morgan fingerprint density at radius 1 is 1.19 bits per heavy atom. The van der Waals surface area contributed by atoms with Crippen LogP contribution in [0.3, 0.4) is 0 Å². The van der Waals surface area contributed by atoms with E-state index in [1.807, 2.05) is 6.92 Å². The minimum Gasteiger partial charge on any atom is -0.507 e. The fourth-order valence-electron chi connectivity index (χ4n) is 3.46. The lowest BCUT2D eigenvalue weighted by atomic mass is 9.95. The van der Waals surface area contributed by atoms with Crippen molar-refractivity contribution in [2.24, 2.45) is 0 Å². The Morgan fingerprint density at radius 3 is 2.58 bits per heavy atom. The van der Waals surface area contributed by atoms with Crippen LogP contribution in [0.25, 0.3) is 5.76 Å². The summed E-state index contributed by atoms with van der Waals surface area (Å²) in [6, 6.07) is 10.6. The van der Waals surface area contributed by atoms with Crippen LogP contribution in [0, 0.1) is 6.92 Å². The van der Waals surface area contributed by atoms with Gasteiger partial charge in [0.2, 0.25) is 5.13 Å². The van der Waals surface area contributed by atoms with Gasteiger partial charge in [-0.25, -0.2) is 0 Å². The molecule has 0 bridgehead atoms. The van der Waals surface area contributed by atoms with E-state index in [-0.39, 0.29) is 28.0 Å². The number of carbonyl (C=O) groups is 2. The summed E-state index contributed by atoms with van der Waals surface area (Å²) in [4.78, 5) is 27.2. The largest absolute Gasteiger partial charge is 0.507 e. The number of hydrogen-bond donors (Lipinski definition) is 2. The van der Waals surface area contributed by atoms with E-state index in [1.54, 1.807) is 43.3 Å². The molecule has 1 atom stereocenters. The topological polar surface area (TPSA) is 113 Å². The average molecular weight is 437 g/mol. The van der Waals surface area contributed by atoms with Gasteiger partial charge in [-0.05, 0) is 31.5 Å². The highest BCUT2D eigenvalue weighted by Gasteiger charge is 2.48. The quantitative estimate of drug-likeness (QED) is 0.356. The van der Waals surface area contributed by atoms with Crippen LogP contribution in [0.1, 0.15) is 29.7 Å². The van der Waals surface area contributed by atoms with Crippen LogP contribution in [0.4, 0.5) is 5.13 Å². The van der Waals surface area contributed by atoms with Crippen LogP contribution in [0.15, 0.2) is 53.5 Å². The monoisotopic (exact) mass is 437 g/mol. The van der Waals surface area contributed by atoms with E-state index in [0.29, 0.717) is 17.7 Å². The Bertz CT molecular complexity index is 1170. The number of carbonyl (C=O) groups excluding carboxylic acids is 2. The first-order valence-electron chi connectivity index (χ1n) is 9.52. The van der Waals surface area contributed by atoms with Gasteiger partial charge in [0.25, 0.3) is 5.78 Å². The molecule has 1 aliphatic rings. The minimum atomic E-state index is -0.964. The fraction of sp³-hybridized carbons (Fsp3) is 0.182. The molecule has 1 saturated heterocycles. The molecule has 31 heavy (non-hydrogen) atoms. The molecular weight excluding hydrogens is 418 g/mol. The maximum atomic E-state index is 13.0. The maximum Gasteiger partial charge on any atom is 0.301 e. The second kappa shape index (κ2) is 8.19. The Kier molecular flexibility index (Phi) is 5.43. The summed E-state index contributed by atoms with van der Waals surface area (Å²) < 4.78 is 5.47. The molecule has 4 rings (SSSR count). The zero-order valence-corrected chi connectivity index (χ0v) is 17.6. The lowest BCUT2D eigenvalue weighted by Crippen LogP contribution is -2.29. The Labute approximate surface area is 182 Å². The summed E-state index contributed by atoms with van der Waals surface area (Å²) >= 11 is 1.10. The van der Waals surface area contributed by atoms with Gasteiger partial charge in [-0.2, -0.15) is 0 Å². The van der Waals surface area contributed by atoms with Crippen molar-refractivity contribution in [1.29, 1.82) is 0 Å². The van der Waals surface area contributed by atoms with Gasteiger partial charge < -0.3 is 14.9 Å². The Balaban J connectivity index is 1.94. The van der Waals surface area contributed by atoms with Gasteiger partial charge in [0.05, 0.1) is 18.2 Å². The first-order chi connectivity index (χ1) is 14.9. The molecule has 2 aromatic carbocycles. The van der Waals surface area contributed by atoms with Gasteiger partial charge in [-0.1, -0.05) is 47.2 Å². The van der Waals surface area contributed by atoms with Crippen LogP contribution in [-0.2, 0) is 9.59 Å². The van der Waals surface area contributed by atoms with Crippen LogP contribution < -0.4 is 9.64 Å². The predicted octanol–water partition coefficient (Wildman–Crippen LogP) is 3.58. The number of phenolic OH excluding ortho intramolecular Hbond substituents is 1. The van der Waals surface area contributed by atoms with Crippen molar-refractivity contribution in [2.75, 3.05) is 11.5 Å². The lowest BCUT2D eigenvalue weighted by Gasteiger charge is -2.23. The number of Topliss-reactive ketones (excluding diaryl/α,β-unsaturated/α-hetero) is 1. The van der Waals surface area contributed by atoms with Gasteiger partial charge in [-0.15, -0.1) is 10.2 Å². The van der Waals surface area contributed by atoms with E-state index in [4.69, 9.17) is 4.74 Å². The molecule has 8 nitrogen and oxygen atoms in total. The fourth-order valence-corrected chi connectivity index (χ4v) is 4.04. The van der Waals surface area contributed by atoms with Crippen molar-refractivity contribution >= 4 is 33.9 Å². The molecule has 0 radical (unpaired) electrons. The summed E-state index contributed by atoms with van der Waals surface area (Å²) in [5, 5.41) is 29.1. The summed E-state index contributed by atoms with van der Waals surface area (Å²) in [7, 11) is 0. The van der Waals surface area contributed by atoms with Crippen molar-refractivity contribution in [1.82, 2.24) is 10.2 Å². The van der Waals surface area contributed by atoms with Crippen molar-refractivity contribution in [3.05, 3.63) is 70.2 Å². The molecule has 0 saturated carbocycles. The van der Waals surface area contributed by atoms with E-state index < -0.39 is 17.7 Å². The number of nitrogens with zero attached hydrogens (tertiary/aromatic N) is 3. The number of aliphatic hydroxyl groups excluding tert-OH is 1. The highest BCUT2D eigenvalue weighted by molar-refractivity contribution is 7.13. The molecule has 0 spiro atoms. The first kappa shape index (κ1) is 20.5. The number of aliphatic hydroxyl groups is 1. The molecule has 2 heterocycles. The molecule has 2 N–H and O–H groups in total. The summed E-state index contributed by atoms with van der Waals surface area (Å²) in [5.74, 6) is -1.80. The second-order valence-electron chi connectivity index (χ2n) is 6.92. The van der Waals surface area contributed by atoms with E-state index in [0.717, 1.165) is 16.9 Å². The van der Waals surface area contributed by atoms with Crippen LogP contribution >= 0.6 is 11.3 Å². The van der Waals surface area contributed by atoms with Gasteiger partial charge >= 0.3 is 5.91 Å². The standard InChI is InChI=1S/C22H19N3O5S/c1-3-30-16-10-14(8-9-15(16)26)18-17(19(27)13-6-4-12(2)5-7-13)20(28)21(29)25(18)22-24-23-11-31-22/h4-11,18,26-27H,3H2,1-2H3/b19-17-. The molecule has 1 aliphatic heterocycles. The number of amides is 1. The number of phenols is 1. The van der Waals surface area contributed by atoms with Crippen LogP contribution in [-0.4, -0.2) is 38.7 Å². The van der Waals surface area contributed by atoms with E-state index in [2.05, 4.69) is 10.2 Å². The third-order valence-electron chi connectivity index (χ3n) is 4.92. The normalized spacial score (nSPS) is 17.9. The minimum absolute atomic E-state index is 0.0720. The summed E-state index contributed by atoms with van der Waals surface area (Å²) in [5.41, 5.74) is 3.26. The van der Waals surface area contributed by atoms with Gasteiger partial charge in [-0.3, -0.25) is 14.5 Å². The highest BCUT2D eigenvalue weighted by Crippen LogP contribution is 2.44. The van der Waals surface area contributed by atoms with E-state index in [9.17, 15) is 19.8 Å². The third kappa shape index (κ3) is 3.64. The molecular formula is C22H19N3O5S. The molecule has 158 valence electrons. The molecule has 9 heteroatoms. The zero-order chi connectivity index (χ0) is 22.1. The van der Waals surface area contributed by atoms with Crippen molar-refractivity contribution in [2.45, 2.75) is 19.9 Å². The lowest BCUT2D eigenvalue weighted by molar-refractivity contribution is -0.132. The molecule has 1 unspecified atom stereocenters. The Hall–Kier alpha value is -3.72. The molecule has 1 aromatic heterocycles. The number of hydrogen-bond acceptors (Lipinski definition) is 8. The van der Waals surface area contributed by atoms with Crippen molar-refractivity contribution < 1.29 is 24.5 Å². The number of aromatic nitrogens is 2. The van der Waals surface area contributed by atoms with Crippen molar-refractivity contribution in [3.63, 3.8) is 0 Å². The number of aryl methyl sites for hydroxylation is 1. The SMILES string of the molecule is CCOc1cc(C2/C(=C(/O)c3ccc(C)cc3)C(=O)C(=O)N2c2nncs2)ccc1O. The van der Waals surface area contributed by atoms with Crippen LogP contribution in [0.2, 0.25) is 0 Å². The van der Waals surface area contributed by atoms with Gasteiger partial charge in [0.15, 0.2) is 11.5 Å². The van der Waals surface area contributed by atoms with Gasteiger partial charge in [0, 0.05) is 5.56 Å². The van der Waals surface area contributed by atoms with Gasteiger partial charge in [0.1, 0.15) is 11.3 Å². The first-order valence-corrected chi connectivity index (χ1v) is 10.4. The zero-order valence-electron chi connectivity index (χ0n) is 16.8. The Morgan fingerprint density at radius 2 is 1.94 bits per heavy atom. The van der Waals surface area contributed by atoms with Crippen LogP contribution in [0.5, 0.6) is 11.5 Å². The number of aromatic hydroxyl groups is 1. The molecule has 1 fully saturated rings. The number of ether oxygens (including phenoxy) is 1. The molecule has 3 aromatic rings. The second-order valence-corrected chi connectivity index (χ2v) is 7.73. The average Bonchev–Trinajstić information content (AvgIpc) is 3.37. The molecule has 1 amide bonds. The highest BCUT2D eigenvalue weighted by atomic mass is 32.1. The maximum absolute atomic E-state index is 13.0. The number of rotatable bonds is 5. The third-order valence-corrected chi connectivity index (χ3v) is 5.61. The van der Waals surface area contributed by atoms with E-state index in [1.165, 1.54) is 16.5 Å². The number of ketones is 1. The summed E-state index contributed by atoms with van der Waals surface area (Å²) in [6.07, 6.45) is 0. The molecule has 0 aliphatic carbocycles. The number of benzene rings is 2. The summed E-state index contributed by atoms with van der Waals surface area (Å²) in [6.45, 7) is 4.00. The predicted molar refractivity (Wildman–Crippen MR) is 115 cm³/mol.